The summed E-state index contributed by atoms with van der Waals surface area (Å²) in [6, 6.07) is 0.554. The van der Waals surface area contributed by atoms with Crippen LogP contribution in [0.15, 0.2) is 11.6 Å². The van der Waals surface area contributed by atoms with Gasteiger partial charge in [0, 0.05) is 18.2 Å². The molecule has 3 nitrogen and oxygen atoms in total. The molecule has 0 aromatic heterocycles. The van der Waals surface area contributed by atoms with Gasteiger partial charge in [-0.3, -0.25) is 0 Å². The molecule has 1 N–H and O–H groups in total. The van der Waals surface area contributed by atoms with Gasteiger partial charge in [-0.15, -0.1) is 0 Å². The smallest absolute Gasteiger partial charge is 0.333 e. The summed E-state index contributed by atoms with van der Waals surface area (Å²) in [6.45, 7) is 7.39. The highest BCUT2D eigenvalue weighted by Gasteiger charge is 2.31. The maximum atomic E-state index is 11.4. The Labute approximate surface area is 111 Å². The van der Waals surface area contributed by atoms with Gasteiger partial charge in [0.05, 0.1) is 7.11 Å². The molecular weight excluding hydrogens is 226 g/mol. The lowest BCUT2D eigenvalue weighted by atomic mass is 9.73. The number of nitrogens with one attached hydrogen (secondary N) is 1. The number of hydrogen-bond donors (Lipinski definition) is 1. The quantitative estimate of drug-likeness (QED) is 0.604. The minimum absolute atomic E-state index is 0.206. The summed E-state index contributed by atoms with van der Waals surface area (Å²) in [6.07, 6.45) is 7.86. The van der Waals surface area contributed by atoms with E-state index in [9.17, 15) is 4.79 Å². The van der Waals surface area contributed by atoms with Crippen LogP contribution >= 0.6 is 0 Å². The van der Waals surface area contributed by atoms with Gasteiger partial charge in [0.1, 0.15) is 0 Å². The Balaban J connectivity index is 2.49. The first-order chi connectivity index (χ1) is 8.51. The predicted molar refractivity (Wildman–Crippen MR) is 74.4 cm³/mol. The van der Waals surface area contributed by atoms with Crippen molar-refractivity contribution in [2.75, 3.05) is 13.7 Å². The van der Waals surface area contributed by atoms with Crippen LogP contribution in [0.4, 0.5) is 0 Å². The second kappa shape index (κ2) is 6.93. The Morgan fingerprint density at radius 1 is 1.44 bits per heavy atom. The van der Waals surface area contributed by atoms with Crippen LogP contribution in [-0.2, 0) is 9.53 Å². The van der Waals surface area contributed by atoms with Crippen LogP contribution < -0.4 is 5.32 Å². The van der Waals surface area contributed by atoms with E-state index in [1.54, 1.807) is 0 Å². The van der Waals surface area contributed by atoms with E-state index in [1.165, 1.54) is 32.8 Å². The second-order valence-electron chi connectivity index (χ2n) is 5.77. The molecule has 0 amide bonds. The highest BCUT2D eigenvalue weighted by Crippen LogP contribution is 2.35. The highest BCUT2D eigenvalue weighted by atomic mass is 16.5. The third kappa shape index (κ3) is 4.13. The summed E-state index contributed by atoms with van der Waals surface area (Å²) in [5, 5.41) is 3.57. The first kappa shape index (κ1) is 15.2. The van der Waals surface area contributed by atoms with Crippen molar-refractivity contribution in [3.8, 4) is 0 Å². The van der Waals surface area contributed by atoms with Crippen molar-refractivity contribution in [3.05, 3.63) is 11.6 Å². The van der Waals surface area contributed by atoms with Gasteiger partial charge in [0.15, 0.2) is 0 Å². The predicted octanol–water partition coefficient (Wildman–Crippen LogP) is 3.05. The molecule has 0 radical (unpaired) electrons. The zero-order chi connectivity index (χ0) is 13.6. The van der Waals surface area contributed by atoms with Crippen molar-refractivity contribution in [2.45, 2.75) is 58.9 Å². The van der Waals surface area contributed by atoms with E-state index in [-0.39, 0.29) is 5.97 Å². The lowest BCUT2D eigenvalue weighted by Crippen LogP contribution is -2.44. The lowest BCUT2D eigenvalue weighted by Gasteiger charge is -2.39. The molecule has 1 rings (SSSR count). The fourth-order valence-electron chi connectivity index (χ4n) is 2.70. The molecule has 0 heterocycles. The Bertz CT molecular complexity index is 308. The first-order valence-electron chi connectivity index (χ1n) is 7.02. The van der Waals surface area contributed by atoms with Gasteiger partial charge in [0.2, 0.25) is 0 Å². The minimum Gasteiger partial charge on any atom is -0.466 e. The van der Waals surface area contributed by atoms with Crippen LogP contribution in [0, 0.1) is 5.41 Å². The van der Waals surface area contributed by atoms with E-state index in [0.717, 1.165) is 18.5 Å². The molecule has 0 saturated heterocycles. The molecular formula is C15H27NO2. The Morgan fingerprint density at radius 2 is 2.17 bits per heavy atom. The van der Waals surface area contributed by atoms with E-state index in [2.05, 4.69) is 19.2 Å². The van der Waals surface area contributed by atoms with E-state index < -0.39 is 0 Å². The third-order valence-electron chi connectivity index (χ3n) is 4.05. The topological polar surface area (TPSA) is 38.3 Å². The molecule has 0 bridgehead atoms. The average molecular weight is 253 g/mol. The Morgan fingerprint density at radius 3 is 2.72 bits per heavy atom. The van der Waals surface area contributed by atoms with E-state index in [0.29, 0.717) is 11.5 Å². The minimum atomic E-state index is -0.206. The molecule has 1 unspecified atom stereocenters. The fraction of sp³-hybridized carbons (Fsp3) is 0.800. The summed E-state index contributed by atoms with van der Waals surface area (Å²) in [4.78, 5) is 11.4. The second-order valence-corrected chi connectivity index (χ2v) is 5.77. The number of carbonyl (C=O) groups excluding carboxylic acids is 1. The Hall–Kier alpha value is -0.830. The maximum Gasteiger partial charge on any atom is 0.333 e. The van der Waals surface area contributed by atoms with Gasteiger partial charge in [-0.25, -0.2) is 4.79 Å². The fourth-order valence-corrected chi connectivity index (χ4v) is 2.70. The van der Waals surface area contributed by atoms with Crippen molar-refractivity contribution >= 4 is 5.97 Å². The van der Waals surface area contributed by atoms with Crippen molar-refractivity contribution in [2.24, 2.45) is 5.41 Å². The van der Waals surface area contributed by atoms with Crippen LogP contribution in [0.25, 0.3) is 0 Å². The molecule has 0 aliphatic heterocycles. The van der Waals surface area contributed by atoms with Crippen molar-refractivity contribution in [1.29, 1.82) is 0 Å². The van der Waals surface area contributed by atoms with Crippen molar-refractivity contribution in [3.63, 3.8) is 0 Å². The van der Waals surface area contributed by atoms with Crippen LogP contribution in [0.2, 0.25) is 0 Å². The third-order valence-corrected chi connectivity index (χ3v) is 4.05. The first-order valence-corrected chi connectivity index (χ1v) is 7.02. The standard InChI is InChI=1S/C15H27NO2/c1-5-12(14(17)18-4)9-11-16-13-8-6-7-10-15(13,2)3/h9,13,16H,5-8,10-11H2,1-4H3. The summed E-state index contributed by atoms with van der Waals surface area (Å²) >= 11 is 0. The maximum absolute atomic E-state index is 11.4. The molecule has 18 heavy (non-hydrogen) atoms. The molecule has 0 aromatic carbocycles. The van der Waals surface area contributed by atoms with Gasteiger partial charge in [-0.1, -0.05) is 39.7 Å². The molecule has 0 aromatic rings. The van der Waals surface area contributed by atoms with Crippen LogP contribution in [0.5, 0.6) is 0 Å². The SMILES string of the molecule is CCC(=CCNC1CCCCC1(C)C)C(=O)OC. The van der Waals surface area contributed by atoms with Gasteiger partial charge < -0.3 is 10.1 Å². The molecule has 3 heteroatoms. The molecule has 1 saturated carbocycles. The monoisotopic (exact) mass is 253 g/mol. The van der Waals surface area contributed by atoms with Gasteiger partial charge in [-0.05, 0) is 24.7 Å². The normalized spacial score (nSPS) is 23.8. The van der Waals surface area contributed by atoms with Gasteiger partial charge in [-0.2, -0.15) is 0 Å². The molecule has 104 valence electrons. The number of methoxy groups -OCH3 is 1. The summed E-state index contributed by atoms with van der Waals surface area (Å²) in [5.41, 5.74) is 1.13. The van der Waals surface area contributed by atoms with Crippen molar-refractivity contribution in [1.82, 2.24) is 5.32 Å². The average Bonchev–Trinajstić information content (AvgIpc) is 2.35. The van der Waals surface area contributed by atoms with Crippen LogP contribution in [0.1, 0.15) is 52.9 Å². The lowest BCUT2D eigenvalue weighted by molar-refractivity contribution is -0.136. The van der Waals surface area contributed by atoms with Gasteiger partial charge >= 0.3 is 5.97 Å². The number of rotatable bonds is 5. The number of ether oxygens (including phenoxy) is 1. The largest absolute Gasteiger partial charge is 0.466 e. The van der Waals surface area contributed by atoms with Crippen LogP contribution in [-0.4, -0.2) is 25.7 Å². The molecule has 1 aliphatic rings. The number of carbonyl (C=O) groups is 1. The van der Waals surface area contributed by atoms with Crippen molar-refractivity contribution < 1.29 is 9.53 Å². The zero-order valence-electron chi connectivity index (χ0n) is 12.2. The Kier molecular flexibility index (Phi) is 5.86. The van der Waals surface area contributed by atoms with Crippen LogP contribution in [0.3, 0.4) is 0 Å². The summed E-state index contributed by atoms with van der Waals surface area (Å²) < 4.78 is 4.75. The molecule has 1 aliphatic carbocycles. The molecule has 0 spiro atoms. The zero-order valence-corrected chi connectivity index (χ0v) is 12.2. The summed E-state index contributed by atoms with van der Waals surface area (Å²) in [5.74, 6) is -0.206. The van der Waals surface area contributed by atoms with Gasteiger partial charge in [0.25, 0.3) is 0 Å². The van der Waals surface area contributed by atoms with E-state index in [4.69, 9.17) is 4.74 Å². The highest BCUT2D eigenvalue weighted by molar-refractivity contribution is 5.88. The van der Waals surface area contributed by atoms with E-state index >= 15 is 0 Å². The summed E-state index contributed by atoms with van der Waals surface area (Å²) in [7, 11) is 1.43. The number of hydrogen-bond acceptors (Lipinski definition) is 3. The molecule has 1 atom stereocenters. The number of esters is 1. The molecule has 1 fully saturated rings. The van der Waals surface area contributed by atoms with E-state index in [1.807, 2.05) is 13.0 Å².